The van der Waals surface area contributed by atoms with Gasteiger partial charge >= 0.3 is 5.97 Å². The minimum absolute atomic E-state index is 0. The molecule has 3 heteroatoms. The predicted octanol–water partition coefficient (Wildman–Crippen LogP) is 3.60. The normalized spacial score (nSPS) is 9.50. The van der Waals surface area contributed by atoms with Crippen molar-refractivity contribution in [3.8, 4) is 0 Å². The molecule has 0 radical (unpaired) electrons. The van der Waals surface area contributed by atoms with Crippen LogP contribution in [0.25, 0.3) is 0 Å². The van der Waals surface area contributed by atoms with E-state index in [0.29, 0.717) is 6.42 Å². The van der Waals surface area contributed by atoms with Gasteiger partial charge in [-0.3, -0.25) is 4.79 Å². The maximum absolute atomic E-state index is 10.2. The maximum Gasteiger partial charge on any atom is 0.303 e. The fraction of sp³-hybridized carbons (Fsp3) is 0.909. The molecule has 0 aliphatic carbocycles. The topological polar surface area (TPSA) is 37.3 Å². The van der Waals surface area contributed by atoms with Crippen LogP contribution in [0.4, 0.5) is 0 Å². The van der Waals surface area contributed by atoms with Crippen molar-refractivity contribution in [2.24, 2.45) is 0 Å². The van der Waals surface area contributed by atoms with Gasteiger partial charge in [0, 0.05) is 25.9 Å². The second-order valence-corrected chi connectivity index (χ2v) is 3.62. The van der Waals surface area contributed by atoms with Gasteiger partial charge in [0.25, 0.3) is 0 Å². The summed E-state index contributed by atoms with van der Waals surface area (Å²) in [7, 11) is 0. The Morgan fingerprint density at radius 2 is 1.36 bits per heavy atom. The van der Waals surface area contributed by atoms with Gasteiger partial charge in [0.05, 0.1) is 0 Å². The molecule has 0 heterocycles. The first kappa shape index (κ1) is 16.5. The van der Waals surface area contributed by atoms with Crippen molar-refractivity contribution >= 4 is 5.97 Å². The number of carboxylic acid groups (broad SMARTS) is 1. The SMILES string of the molecule is CCCCCCCCCCC(=O)O.[Zn]. The second-order valence-electron chi connectivity index (χ2n) is 3.62. The number of carboxylic acids is 1. The van der Waals surface area contributed by atoms with E-state index >= 15 is 0 Å². The minimum atomic E-state index is -0.661. The van der Waals surface area contributed by atoms with E-state index in [1.807, 2.05) is 0 Å². The zero-order valence-electron chi connectivity index (χ0n) is 9.43. The van der Waals surface area contributed by atoms with Crippen LogP contribution in [-0.4, -0.2) is 11.1 Å². The van der Waals surface area contributed by atoms with E-state index in [9.17, 15) is 4.79 Å². The molecule has 0 aliphatic heterocycles. The number of hydrogen-bond acceptors (Lipinski definition) is 1. The Bertz CT molecular complexity index is 126. The van der Waals surface area contributed by atoms with Crippen LogP contribution in [0, 0.1) is 0 Å². The summed E-state index contributed by atoms with van der Waals surface area (Å²) >= 11 is 0. The summed E-state index contributed by atoms with van der Waals surface area (Å²) in [5.41, 5.74) is 0. The summed E-state index contributed by atoms with van der Waals surface area (Å²) in [6.07, 6.45) is 10.1. The molecule has 0 unspecified atom stereocenters. The van der Waals surface area contributed by atoms with Crippen LogP contribution in [0.2, 0.25) is 0 Å². The molecule has 2 nitrogen and oxygen atoms in total. The molecule has 0 atom stereocenters. The monoisotopic (exact) mass is 250 g/mol. The first-order valence-electron chi connectivity index (χ1n) is 5.49. The Balaban J connectivity index is 0. The summed E-state index contributed by atoms with van der Waals surface area (Å²) < 4.78 is 0. The molecular weight excluding hydrogens is 230 g/mol. The quantitative estimate of drug-likeness (QED) is 0.502. The molecule has 0 aromatic rings. The van der Waals surface area contributed by atoms with Crippen LogP contribution in [0.15, 0.2) is 0 Å². The van der Waals surface area contributed by atoms with Gasteiger partial charge in [-0.2, -0.15) is 0 Å². The third kappa shape index (κ3) is 14.6. The van der Waals surface area contributed by atoms with Gasteiger partial charge in [0.15, 0.2) is 0 Å². The third-order valence-corrected chi connectivity index (χ3v) is 2.24. The first-order valence-corrected chi connectivity index (χ1v) is 5.49. The van der Waals surface area contributed by atoms with Gasteiger partial charge in [-0.05, 0) is 6.42 Å². The van der Waals surface area contributed by atoms with Gasteiger partial charge in [-0.15, -0.1) is 0 Å². The molecule has 0 aromatic heterocycles. The predicted molar refractivity (Wildman–Crippen MR) is 54.9 cm³/mol. The molecule has 0 aliphatic rings. The number of unbranched alkanes of at least 4 members (excludes halogenated alkanes) is 7. The molecule has 14 heavy (non-hydrogen) atoms. The summed E-state index contributed by atoms with van der Waals surface area (Å²) in [4.78, 5) is 10.2. The third-order valence-electron chi connectivity index (χ3n) is 2.24. The first-order chi connectivity index (χ1) is 6.27. The zero-order chi connectivity index (χ0) is 9.94. The van der Waals surface area contributed by atoms with E-state index in [1.54, 1.807) is 0 Å². The molecular formula is C11H22O2Zn. The minimum Gasteiger partial charge on any atom is -0.481 e. The van der Waals surface area contributed by atoms with Crippen molar-refractivity contribution in [3.05, 3.63) is 0 Å². The molecule has 0 rings (SSSR count). The maximum atomic E-state index is 10.2. The molecule has 0 saturated carbocycles. The molecule has 0 fully saturated rings. The van der Waals surface area contributed by atoms with Gasteiger partial charge < -0.3 is 5.11 Å². The fourth-order valence-corrected chi connectivity index (χ4v) is 1.41. The smallest absolute Gasteiger partial charge is 0.303 e. The average molecular weight is 252 g/mol. The number of rotatable bonds is 9. The molecule has 80 valence electrons. The van der Waals surface area contributed by atoms with Gasteiger partial charge in [0.2, 0.25) is 0 Å². The van der Waals surface area contributed by atoms with E-state index in [0.717, 1.165) is 12.8 Å². The molecule has 0 bridgehead atoms. The van der Waals surface area contributed by atoms with Crippen molar-refractivity contribution in [1.29, 1.82) is 0 Å². The van der Waals surface area contributed by atoms with Crippen LogP contribution in [-0.2, 0) is 24.3 Å². The van der Waals surface area contributed by atoms with Crippen molar-refractivity contribution in [3.63, 3.8) is 0 Å². The van der Waals surface area contributed by atoms with Gasteiger partial charge in [-0.25, -0.2) is 0 Å². The fourth-order valence-electron chi connectivity index (χ4n) is 1.41. The summed E-state index contributed by atoms with van der Waals surface area (Å²) in [6, 6.07) is 0. The van der Waals surface area contributed by atoms with E-state index < -0.39 is 5.97 Å². The Morgan fingerprint density at radius 3 is 1.79 bits per heavy atom. The Morgan fingerprint density at radius 1 is 0.929 bits per heavy atom. The van der Waals surface area contributed by atoms with Crippen LogP contribution < -0.4 is 0 Å². The average Bonchev–Trinajstić information content (AvgIpc) is 2.09. The molecule has 0 amide bonds. The van der Waals surface area contributed by atoms with E-state index in [-0.39, 0.29) is 19.5 Å². The molecule has 1 N–H and O–H groups in total. The standard InChI is InChI=1S/C11H22O2.Zn/c1-2-3-4-5-6-7-8-9-10-11(12)13;/h2-10H2,1H3,(H,12,13);. The van der Waals surface area contributed by atoms with Gasteiger partial charge in [0.1, 0.15) is 0 Å². The molecule has 0 aromatic carbocycles. The Labute approximate surface area is 100 Å². The number of carbonyl (C=O) groups is 1. The van der Waals surface area contributed by atoms with E-state index in [2.05, 4.69) is 6.92 Å². The van der Waals surface area contributed by atoms with Gasteiger partial charge in [-0.1, -0.05) is 51.9 Å². The van der Waals surface area contributed by atoms with Crippen LogP contribution in [0.5, 0.6) is 0 Å². The Hall–Kier alpha value is 0.0934. The zero-order valence-corrected chi connectivity index (χ0v) is 12.4. The van der Waals surface area contributed by atoms with Crippen molar-refractivity contribution in [1.82, 2.24) is 0 Å². The van der Waals surface area contributed by atoms with Crippen LogP contribution >= 0.6 is 0 Å². The van der Waals surface area contributed by atoms with Crippen molar-refractivity contribution in [2.75, 3.05) is 0 Å². The van der Waals surface area contributed by atoms with Crippen LogP contribution in [0.3, 0.4) is 0 Å². The largest absolute Gasteiger partial charge is 0.481 e. The summed E-state index contributed by atoms with van der Waals surface area (Å²) in [5.74, 6) is -0.661. The summed E-state index contributed by atoms with van der Waals surface area (Å²) in [5, 5.41) is 8.39. The van der Waals surface area contributed by atoms with Crippen molar-refractivity contribution < 1.29 is 29.4 Å². The Kier molecular flexibility index (Phi) is 15.5. The molecule has 0 spiro atoms. The van der Waals surface area contributed by atoms with E-state index in [4.69, 9.17) is 5.11 Å². The van der Waals surface area contributed by atoms with Crippen LogP contribution in [0.1, 0.15) is 64.7 Å². The van der Waals surface area contributed by atoms with E-state index in [1.165, 1.54) is 38.5 Å². The van der Waals surface area contributed by atoms with Crippen molar-refractivity contribution in [2.45, 2.75) is 64.7 Å². The number of hydrogen-bond donors (Lipinski definition) is 1. The molecule has 0 saturated heterocycles. The summed E-state index contributed by atoms with van der Waals surface area (Å²) in [6.45, 7) is 2.22. The second kappa shape index (κ2) is 13.1. The number of aliphatic carboxylic acids is 1.